The topological polar surface area (TPSA) is 92.5 Å². The summed E-state index contributed by atoms with van der Waals surface area (Å²) < 4.78 is 0.326. The van der Waals surface area contributed by atoms with Crippen molar-refractivity contribution in [1.29, 1.82) is 0 Å². The Balaban J connectivity index is 2.22. The van der Waals surface area contributed by atoms with Gasteiger partial charge in [-0.1, -0.05) is 0 Å². The molecule has 1 fully saturated rings. The number of benzene rings is 1. The summed E-state index contributed by atoms with van der Waals surface area (Å²) in [7, 11) is 0. The van der Waals surface area contributed by atoms with Crippen molar-refractivity contribution in [3.8, 4) is 0 Å². The first kappa shape index (κ1) is 14.4. The summed E-state index contributed by atoms with van der Waals surface area (Å²) in [4.78, 5) is 35.4. The lowest BCUT2D eigenvalue weighted by Gasteiger charge is -2.19. The Hall–Kier alpha value is -1.96. The van der Waals surface area contributed by atoms with Gasteiger partial charge in [-0.3, -0.25) is 19.7 Å². The molecule has 1 N–H and O–H groups in total. The molecular weight excluding hydrogens is 330 g/mol. The molecule has 0 radical (unpaired) electrons. The Morgan fingerprint density at radius 1 is 1.40 bits per heavy atom. The van der Waals surface area contributed by atoms with E-state index < -0.39 is 4.92 Å². The van der Waals surface area contributed by atoms with Crippen molar-refractivity contribution in [3.05, 3.63) is 38.3 Å². The Labute approximate surface area is 123 Å². The van der Waals surface area contributed by atoms with Crippen molar-refractivity contribution in [2.45, 2.75) is 6.42 Å². The van der Waals surface area contributed by atoms with Crippen LogP contribution < -0.4 is 5.32 Å². The van der Waals surface area contributed by atoms with E-state index in [0.29, 0.717) is 24.1 Å². The van der Waals surface area contributed by atoms with Crippen LogP contribution in [0.25, 0.3) is 0 Å². The van der Waals surface area contributed by atoms with Crippen molar-refractivity contribution < 1.29 is 14.5 Å². The minimum absolute atomic E-state index is 0.0953. The van der Waals surface area contributed by atoms with E-state index in [1.165, 1.54) is 23.1 Å². The minimum atomic E-state index is -0.547. The largest absolute Gasteiger partial charge is 0.354 e. The number of carbonyl (C=O) groups excluding carboxylic acids is 2. The highest BCUT2D eigenvalue weighted by molar-refractivity contribution is 9.10. The summed E-state index contributed by atoms with van der Waals surface area (Å²) in [5, 5.41) is 13.5. The predicted molar refractivity (Wildman–Crippen MR) is 74.3 cm³/mol. The van der Waals surface area contributed by atoms with Gasteiger partial charge in [-0.15, -0.1) is 0 Å². The molecule has 0 spiro atoms. The van der Waals surface area contributed by atoms with E-state index in [4.69, 9.17) is 0 Å². The van der Waals surface area contributed by atoms with Crippen molar-refractivity contribution in [3.63, 3.8) is 0 Å². The van der Waals surface area contributed by atoms with E-state index in [9.17, 15) is 19.7 Å². The third-order valence-electron chi connectivity index (χ3n) is 2.99. The van der Waals surface area contributed by atoms with Crippen molar-refractivity contribution in [2.75, 3.05) is 19.6 Å². The second-order valence-corrected chi connectivity index (χ2v) is 5.17. The number of nitrogens with zero attached hydrogens (tertiary/aromatic N) is 2. The van der Waals surface area contributed by atoms with Gasteiger partial charge in [-0.25, -0.2) is 0 Å². The lowest BCUT2D eigenvalue weighted by Crippen LogP contribution is -2.34. The molecule has 2 amide bonds. The Morgan fingerprint density at radius 3 is 2.85 bits per heavy atom. The SMILES string of the molecule is O=C1CCN(C(=O)c2ccc(Br)c([N+](=O)[O-])c2)CCN1. The van der Waals surface area contributed by atoms with Gasteiger partial charge in [0, 0.05) is 37.7 Å². The Kier molecular flexibility index (Phi) is 4.33. The summed E-state index contributed by atoms with van der Waals surface area (Å²) in [5.74, 6) is -0.404. The molecule has 7 nitrogen and oxygen atoms in total. The quantitative estimate of drug-likeness (QED) is 0.648. The summed E-state index contributed by atoms with van der Waals surface area (Å²) in [5.41, 5.74) is 0.0918. The van der Waals surface area contributed by atoms with Crippen LogP contribution in [0.15, 0.2) is 22.7 Å². The van der Waals surface area contributed by atoms with Crippen LogP contribution in [0.4, 0.5) is 5.69 Å². The van der Waals surface area contributed by atoms with E-state index in [0.717, 1.165) is 0 Å². The molecule has 0 unspecified atom stereocenters. The van der Waals surface area contributed by atoms with E-state index in [1.807, 2.05) is 0 Å². The maximum Gasteiger partial charge on any atom is 0.284 e. The molecule has 106 valence electrons. The van der Waals surface area contributed by atoms with E-state index in [2.05, 4.69) is 21.2 Å². The predicted octanol–water partition coefficient (Wildman–Crippen LogP) is 1.32. The monoisotopic (exact) mass is 341 g/mol. The van der Waals surface area contributed by atoms with Crippen LogP contribution in [0.2, 0.25) is 0 Å². The summed E-state index contributed by atoms with van der Waals surface area (Å²) in [6.45, 7) is 1.10. The first-order valence-electron chi connectivity index (χ1n) is 5.99. The highest BCUT2D eigenvalue weighted by Crippen LogP contribution is 2.26. The molecule has 0 aliphatic carbocycles. The molecule has 2 rings (SSSR count). The Bertz CT molecular complexity index is 576. The first-order chi connectivity index (χ1) is 9.49. The maximum absolute atomic E-state index is 12.3. The Morgan fingerprint density at radius 2 is 2.15 bits per heavy atom. The summed E-state index contributed by atoms with van der Waals surface area (Å²) in [6.07, 6.45) is 0.240. The fourth-order valence-corrected chi connectivity index (χ4v) is 2.33. The van der Waals surface area contributed by atoms with Gasteiger partial charge in [-0.2, -0.15) is 0 Å². The van der Waals surface area contributed by atoms with Crippen molar-refractivity contribution >= 4 is 33.4 Å². The van der Waals surface area contributed by atoms with E-state index >= 15 is 0 Å². The first-order valence-corrected chi connectivity index (χ1v) is 6.78. The van der Waals surface area contributed by atoms with Gasteiger partial charge < -0.3 is 10.2 Å². The maximum atomic E-state index is 12.3. The normalized spacial score (nSPS) is 15.4. The van der Waals surface area contributed by atoms with Crippen LogP contribution in [0, 0.1) is 10.1 Å². The number of carbonyl (C=O) groups is 2. The second kappa shape index (κ2) is 6.00. The van der Waals surface area contributed by atoms with Crippen LogP contribution in [-0.2, 0) is 4.79 Å². The average molecular weight is 342 g/mol. The number of amides is 2. The molecule has 1 heterocycles. The minimum Gasteiger partial charge on any atom is -0.354 e. The molecule has 20 heavy (non-hydrogen) atoms. The van der Waals surface area contributed by atoms with E-state index in [1.54, 1.807) is 0 Å². The summed E-state index contributed by atoms with van der Waals surface area (Å²) >= 11 is 3.08. The second-order valence-electron chi connectivity index (χ2n) is 4.32. The number of nitrogens with one attached hydrogen (secondary N) is 1. The fourth-order valence-electron chi connectivity index (χ4n) is 1.94. The number of nitro benzene ring substituents is 1. The molecule has 0 aromatic heterocycles. The third-order valence-corrected chi connectivity index (χ3v) is 3.66. The van der Waals surface area contributed by atoms with E-state index in [-0.39, 0.29) is 29.5 Å². The van der Waals surface area contributed by atoms with Crippen molar-refractivity contribution in [1.82, 2.24) is 10.2 Å². The van der Waals surface area contributed by atoms with Gasteiger partial charge in [-0.05, 0) is 28.1 Å². The van der Waals surface area contributed by atoms with Crippen molar-refractivity contribution in [2.24, 2.45) is 0 Å². The summed E-state index contributed by atoms with van der Waals surface area (Å²) in [6, 6.07) is 4.25. The number of hydrogen-bond acceptors (Lipinski definition) is 4. The highest BCUT2D eigenvalue weighted by atomic mass is 79.9. The zero-order chi connectivity index (χ0) is 14.7. The van der Waals surface area contributed by atoms with Crippen LogP contribution >= 0.6 is 15.9 Å². The molecule has 0 saturated carbocycles. The zero-order valence-corrected chi connectivity index (χ0v) is 12.1. The smallest absolute Gasteiger partial charge is 0.284 e. The number of halogens is 1. The number of nitro groups is 1. The lowest BCUT2D eigenvalue weighted by atomic mass is 10.1. The van der Waals surface area contributed by atoms with Gasteiger partial charge in [0.15, 0.2) is 0 Å². The van der Waals surface area contributed by atoms with Gasteiger partial charge in [0.2, 0.25) is 5.91 Å². The highest BCUT2D eigenvalue weighted by Gasteiger charge is 2.22. The number of hydrogen-bond donors (Lipinski definition) is 1. The van der Waals surface area contributed by atoms with Crippen LogP contribution in [0.1, 0.15) is 16.8 Å². The molecule has 1 aliphatic heterocycles. The number of rotatable bonds is 2. The molecular formula is C12H12BrN3O4. The van der Waals surface area contributed by atoms with Crippen LogP contribution in [0.5, 0.6) is 0 Å². The van der Waals surface area contributed by atoms with Crippen LogP contribution in [0.3, 0.4) is 0 Å². The molecule has 1 saturated heterocycles. The van der Waals surface area contributed by atoms with Gasteiger partial charge in [0.1, 0.15) is 0 Å². The fraction of sp³-hybridized carbons (Fsp3) is 0.333. The van der Waals surface area contributed by atoms with Gasteiger partial charge >= 0.3 is 0 Å². The molecule has 1 aromatic carbocycles. The molecule has 0 bridgehead atoms. The van der Waals surface area contributed by atoms with Crippen LogP contribution in [-0.4, -0.2) is 41.3 Å². The molecule has 1 aromatic rings. The average Bonchev–Trinajstić information content (AvgIpc) is 2.63. The molecule has 1 aliphatic rings. The molecule has 8 heteroatoms. The zero-order valence-electron chi connectivity index (χ0n) is 10.5. The van der Waals surface area contributed by atoms with Gasteiger partial charge in [0.05, 0.1) is 9.40 Å². The lowest BCUT2D eigenvalue weighted by molar-refractivity contribution is -0.385. The third kappa shape index (κ3) is 3.13. The standard InChI is InChI=1S/C12H12BrN3O4/c13-9-2-1-8(7-10(9)16(19)20)12(18)15-5-3-11(17)14-4-6-15/h1-2,7H,3-6H2,(H,14,17). The molecule has 0 atom stereocenters. The van der Waals surface area contributed by atoms with Gasteiger partial charge in [0.25, 0.3) is 11.6 Å².